The molecule has 2 aromatic rings. The second-order valence-electron chi connectivity index (χ2n) is 6.50. The molecule has 1 amide bonds. The van der Waals surface area contributed by atoms with Gasteiger partial charge in [-0.05, 0) is 33.3 Å². The van der Waals surface area contributed by atoms with Gasteiger partial charge >= 0.3 is 0 Å². The first-order valence-electron chi connectivity index (χ1n) is 8.35. The Hall–Kier alpha value is -2.06. The van der Waals surface area contributed by atoms with Crippen LogP contribution in [0.2, 0.25) is 0 Å². The van der Waals surface area contributed by atoms with Crippen molar-refractivity contribution in [1.82, 2.24) is 25.0 Å². The van der Waals surface area contributed by atoms with Gasteiger partial charge in [-0.3, -0.25) is 9.59 Å². The Labute approximate surface area is 150 Å². The fourth-order valence-electron chi connectivity index (χ4n) is 3.08. The van der Waals surface area contributed by atoms with Crippen LogP contribution in [0.4, 0.5) is 0 Å². The Balaban J connectivity index is 2.05. The van der Waals surface area contributed by atoms with E-state index >= 15 is 0 Å². The SMILES string of the molecule is Cc1nc(-c2c(C)c(C)nn(C)c2=O)sc1C(=O)N1CCNCC1C. The minimum atomic E-state index is -0.189. The van der Waals surface area contributed by atoms with Gasteiger partial charge in [-0.25, -0.2) is 9.67 Å². The van der Waals surface area contributed by atoms with E-state index in [0.717, 1.165) is 24.3 Å². The third-order valence-electron chi connectivity index (χ3n) is 4.69. The molecule has 1 atom stereocenters. The lowest BCUT2D eigenvalue weighted by molar-refractivity contribution is 0.0660. The summed E-state index contributed by atoms with van der Waals surface area (Å²) >= 11 is 1.30. The molecule has 2 aromatic heterocycles. The van der Waals surface area contributed by atoms with Crippen LogP contribution in [0.1, 0.15) is 33.5 Å². The number of amides is 1. The maximum atomic E-state index is 13.0. The predicted molar refractivity (Wildman–Crippen MR) is 98.2 cm³/mol. The van der Waals surface area contributed by atoms with E-state index in [1.54, 1.807) is 7.05 Å². The monoisotopic (exact) mass is 361 g/mol. The van der Waals surface area contributed by atoms with Crippen molar-refractivity contribution in [2.75, 3.05) is 19.6 Å². The molecule has 1 saturated heterocycles. The van der Waals surface area contributed by atoms with E-state index in [0.29, 0.717) is 27.7 Å². The molecular formula is C17H23N5O2S. The van der Waals surface area contributed by atoms with E-state index in [1.807, 2.05) is 32.6 Å². The van der Waals surface area contributed by atoms with Crippen molar-refractivity contribution < 1.29 is 4.79 Å². The van der Waals surface area contributed by atoms with E-state index in [1.165, 1.54) is 16.0 Å². The van der Waals surface area contributed by atoms with E-state index in [9.17, 15) is 9.59 Å². The van der Waals surface area contributed by atoms with Crippen LogP contribution < -0.4 is 10.9 Å². The van der Waals surface area contributed by atoms with Gasteiger partial charge in [0.25, 0.3) is 11.5 Å². The molecule has 1 N–H and O–H groups in total. The minimum absolute atomic E-state index is 0.00416. The number of thiazole rings is 1. The number of nitrogens with one attached hydrogen (secondary N) is 1. The van der Waals surface area contributed by atoms with E-state index in [-0.39, 0.29) is 17.5 Å². The molecule has 1 fully saturated rings. The van der Waals surface area contributed by atoms with Gasteiger partial charge in [0.1, 0.15) is 9.88 Å². The number of nitrogens with zero attached hydrogens (tertiary/aromatic N) is 4. The number of hydrogen-bond donors (Lipinski definition) is 1. The predicted octanol–water partition coefficient (Wildman–Crippen LogP) is 1.26. The molecule has 7 nitrogen and oxygen atoms in total. The molecule has 1 unspecified atom stereocenters. The van der Waals surface area contributed by atoms with Gasteiger partial charge in [-0.15, -0.1) is 11.3 Å². The molecule has 8 heteroatoms. The molecule has 134 valence electrons. The zero-order valence-corrected chi connectivity index (χ0v) is 16.0. The van der Waals surface area contributed by atoms with Crippen LogP contribution in [-0.4, -0.2) is 51.2 Å². The molecule has 1 aliphatic rings. The lowest BCUT2D eigenvalue weighted by Gasteiger charge is -2.33. The van der Waals surface area contributed by atoms with Gasteiger partial charge in [0.2, 0.25) is 0 Å². The molecule has 0 saturated carbocycles. The molecule has 0 radical (unpaired) electrons. The highest BCUT2D eigenvalue weighted by molar-refractivity contribution is 7.17. The topological polar surface area (TPSA) is 80.1 Å². The molecule has 1 aliphatic heterocycles. The number of aromatic nitrogens is 3. The van der Waals surface area contributed by atoms with Crippen LogP contribution in [0.15, 0.2) is 4.79 Å². The van der Waals surface area contributed by atoms with Crippen molar-refractivity contribution in [3.05, 3.63) is 32.2 Å². The van der Waals surface area contributed by atoms with Gasteiger partial charge in [0.05, 0.1) is 17.0 Å². The van der Waals surface area contributed by atoms with Gasteiger partial charge in [0.15, 0.2) is 0 Å². The summed E-state index contributed by atoms with van der Waals surface area (Å²) in [4.78, 5) is 32.5. The molecule has 3 heterocycles. The third-order valence-corrected chi connectivity index (χ3v) is 5.86. The first kappa shape index (κ1) is 17.8. The fraction of sp³-hybridized carbons (Fsp3) is 0.529. The molecule has 0 bridgehead atoms. The normalized spacial score (nSPS) is 17.8. The summed E-state index contributed by atoms with van der Waals surface area (Å²) in [6.45, 7) is 9.87. The Kier molecular flexibility index (Phi) is 4.75. The summed E-state index contributed by atoms with van der Waals surface area (Å²) in [6.07, 6.45) is 0. The average molecular weight is 361 g/mol. The van der Waals surface area contributed by atoms with Crippen LogP contribution in [0, 0.1) is 20.8 Å². The average Bonchev–Trinajstić information content (AvgIpc) is 2.94. The Bertz CT molecular complexity index is 886. The molecule has 0 aliphatic carbocycles. The number of carbonyl (C=O) groups is 1. The van der Waals surface area contributed by atoms with Crippen LogP contribution >= 0.6 is 11.3 Å². The highest BCUT2D eigenvalue weighted by Gasteiger charge is 2.28. The van der Waals surface area contributed by atoms with Crippen molar-refractivity contribution in [1.29, 1.82) is 0 Å². The van der Waals surface area contributed by atoms with Gasteiger partial charge in [-0.2, -0.15) is 5.10 Å². The second kappa shape index (κ2) is 6.68. The molecule has 0 spiro atoms. The van der Waals surface area contributed by atoms with Crippen LogP contribution in [0.25, 0.3) is 10.6 Å². The molecule has 3 rings (SSSR count). The van der Waals surface area contributed by atoms with E-state index < -0.39 is 0 Å². The van der Waals surface area contributed by atoms with Crippen molar-refractivity contribution in [2.45, 2.75) is 33.7 Å². The number of piperazine rings is 1. The smallest absolute Gasteiger partial charge is 0.277 e. The van der Waals surface area contributed by atoms with Gasteiger partial charge in [0, 0.05) is 32.7 Å². The Morgan fingerprint density at radius 2 is 2.00 bits per heavy atom. The number of carbonyl (C=O) groups excluding carboxylic acids is 1. The number of aryl methyl sites for hydroxylation is 3. The first-order valence-corrected chi connectivity index (χ1v) is 9.17. The zero-order valence-electron chi connectivity index (χ0n) is 15.2. The summed E-state index contributed by atoms with van der Waals surface area (Å²) in [5.74, 6) is -0.00416. The maximum Gasteiger partial charge on any atom is 0.277 e. The first-order chi connectivity index (χ1) is 11.8. The standard InChI is InChI=1S/C17H23N5O2S/c1-9-8-18-6-7-22(9)17(24)14-12(4)19-15(25-14)13-10(2)11(3)20-21(5)16(13)23/h9,18H,6-8H2,1-5H3. The minimum Gasteiger partial charge on any atom is -0.333 e. The van der Waals surface area contributed by atoms with Gasteiger partial charge < -0.3 is 10.2 Å². The lowest BCUT2D eigenvalue weighted by Crippen LogP contribution is -2.52. The van der Waals surface area contributed by atoms with Gasteiger partial charge in [-0.1, -0.05) is 0 Å². The second-order valence-corrected chi connectivity index (χ2v) is 7.50. The Morgan fingerprint density at radius 1 is 1.28 bits per heavy atom. The van der Waals surface area contributed by atoms with Crippen molar-refractivity contribution in [2.24, 2.45) is 7.05 Å². The third kappa shape index (κ3) is 3.11. The number of hydrogen-bond acceptors (Lipinski definition) is 6. The maximum absolute atomic E-state index is 13.0. The van der Waals surface area contributed by atoms with Crippen LogP contribution in [0.3, 0.4) is 0 Å². The van der Waals surface area contributed by atoms with Crippen molar-refractivity contribution in [3.63, 3.8) is 0 Å². The van der Waals surface area contributed by atoms with Crippen molar-refractivity contribution in [3.8, 4) is 10.6 Å². The van der Waals surface area contributed by atoms with Crippen LogP contribution in [0.5, 0.6) is 0 Å². The highest BCUT2D eigenvalue weighted by atomic mass is 32.1. The summed E-state index contributed by atoms with van der Waals surface area (Å²) < 4.78 is 1.33. The summed E-state index contributed by atoms with van der Waals surface area (Å²) in [7, 11) is 1.63. The lowest BCUT2D eigenvalue weighted by atomic mass is 10.1. The summed E-state index contributed by atoms with van der Waals surface area (Å²) in [6, 6.07) is 0.143. The van der Waals surface area contributed by atoms with Crippen molar-refractivity contribution >= 4 is 17.2 Å². The molecule has 25 heavy (non-hydrogen) atoms. The molecule has 0 aromatic carbocycles. The number of rotatable bonds is 2. The summed E-state index contributed by atoms with van der Waals surface area (Å²) in [5.41, 5.74) is 2.62. The highest BCUT2D eigenvalue weighted by Crippen LogP contribution is 2.29. The zero-order chi connectivity index (χ0) is 18.3. The van der Waals surface area contributed by atoms with E-state index in [4.69, 9.17) is 0 Å². The van der Waals surface area contributed by atoms with Crippen LogP contribution in [-0.2, 0) is 7.05 Å². The Morgan fingerprint density at radius 3 is 2.68 bits per heavy atom. The molecular weight excluding hydrogens is 338 g/mol. The largest absolute Gasteiger partial charge is 0.333 e. The quantitative estimate of drug-likeness (QED) is 0.871. The van der Waals surface area contributed by atoms with E-state index in [2.05, 4.69) is 15.4 Å². The fourth-order valence-corrected chi connectivity index (χ4v) is 4.19. The summed E-state index contributed by atoms with van der Waals surface area (Å²) in [5, 5.41) is 8.08.